The number of nitrogens with zero attached hydrogens (tertiary/aromatic N) is 2. The monoisotopic (exact) mass is 344 g/mol. The summed E-state index contributed by atoms with van der Waals surface area (Å²) in [5.41, 5.74) is 0.750. The first kappa shape index (κ1) is 17.9. The minimum absolute atomic E-state index is 0.108. The van der Waals surface area contributed by atoms with Crippen molar-refractivity contribution in [1.29, 1.82) is 0 Å². The molecule has 0 radical (unpaired) electrons. The number of ether oxygens (including phenoxy) is 1. The fourth-order valence-electron chi connectivity index (χ4n) is 3.93. The summed E-state index contributed by atoms with van der Waals surface area (Å²) in [6, 6.07) is 9.47. The van der Waals surface area contributed by atoms with Gasteiger partial charge in [-0.25, -0.2) is 0 Å². The maximum absolute atomic E-state index is 12.7. The van der Waals surface area contributed by atoms with Crippen LogP contribution in [0.15, 0.2) is 30.3 Å². The fourth-order valence-corrected chi connectivity index (χ4v) is 3.93. The number of morpholine rings is 1. The molecule has 2 heterocycles. The molecule has 5 nitrogen and oxygen atoms in total. The number of piperidine rings is 1. The molecule has 3 rings (SSSR count). The van der Waals surface area contributed by atoms with Gasteiger partial charge in [0.25, 0.3) is 5.91 Å². The van der Waals surface area contributed by atoms with Crippen LogP contribution in [-0.2, 0) is 9.53 Å². The third-order valence-electron chi connectivity index (χ3n) is 5.52. The Bertz CT molecular complexity index is 584. The highest BCUT2D eigenvalue weighted by Crippen LogP contribution is 2.30. The highest BCUT2D eigenvalue weighted by molar-refractivity contribution is 5.94. The van der Waals surface area contributed by atoms with E-state index < -0.39 is 0 Å². The van der Waals surface area contributed by atoms with Gasteiger partial charge in [-0.05, 0) is 30.4 Å². The Kier molecular flexibility index (Phi) is 6.08. The van der Waals surface area contributed by atoms with Gasteiger partial charge in [-0.1, -0.05) is 31.5 Å². The van der Waals surface area contributed by atoms with Gasteiger partial charge in [0.1, 0.15) is 0 Å². The number of hydrogen-bond acceptors (Lipinski definition) is 3. The zero-order valence-electron chi connectivity index (χ0n) is 15.0. The summed E-state index contributed by atoms with van der Waals surface area (Å²) < 4.78 is 5.33. The van der Waals surface area contributed by atoms with E-state index in [4.69, 9.17) is 4.74 Å². The lowest BCUT2D eigenvalue weighted by Gasteiger charge is -2.39. The lowest BCUT2D eigenvalue weighted by Crippen LogP contribution is -2.46. The van der Waals surface area contributed by atoms with Crippen molar-refractivity contribution < 1.29 is 14.3 Å². The molecule has 2 fully saturated rings. The summed E-state index contributed by atoms with van der Waals surface area (Å²) in [6.45, 7) is 6.37. The topological polar surface area (TPSA) is 49.9 Å². The second-order valence-corrected chi connectivity index (χ2v) is 7.03. The van der Waals surface area contributed by atoms with Gasteiger partial charge in [0.2, 0.25) is 5.91 Å². The molecule has 0 aromatic heterocycles. The van der Waals surface area contributed by atoms with Crippen LogP contribution in [0.2, 0.25) is 0 Å². The largest absolute Gasteiger partial charge is 0.378 e. The molecule has 1 aromatic rings. The Morgan fingerprint density at radius 3 is 2.44 bits per heavy atom. The van der Waals surface area contributed by atoms with Crippen LogP contribution in [0.4, 0.5) is 0 Å². The molecule has 5 heteroatoms. The Morgan fingerprint density at radius 2 is 1.76 bits per heavy atom. The molecular formula is C20H28N2O3. The molecule has 0 bridgehead atoms. The fraction of sp³-hybridized carbons (Fsp3) is 0.600. The van der Waals surface area contributed by atoms with E-state index in [2.05, 4.69) is 6.92 Å². The highest BCUT2D eigenvalue weighted by atomic mass is 16.5. The first-order valence-electron chi connectivity index (χ1n) is 9.39. The van der Waals surface area contributed by atoms with Gasteiger partial charge >= 0.3 is 0 Å². The van der Waals surface area contributed by atoms with Gasteiger partial charge in [0.05, 0.1) is 13.2 Å². The number of carbonyl (C=O) groups is 2. The second-order valence-electron chi connectivity index (χ2n) is 7.03. The molecule has 0 spiro atoms. The molecule has 2 amide bonds. The van der Waals surface area contributed by atoms with E-state index in [1.165, 1.54) is 0 Å². The molecule has 2 aliphatic rings. The molecule has 1 aromatic carbocycles. The molecule has 0 N–H and O–H groups in total. The third kappa shape index (κ3) is 4.40. The van der Waals surface area contributed by atoms with Crippen molar-refractivity contribution in [3.8, 4) is 0 Å². The average molecular weight is 344 g/mol. The minimum Gasteiger partial charge on any atom is -0.378 e. The van der Waals surface area contributed by atoms with Crippen molar-refractivity contribution in [3.63, 3.8) is 0 Å². The van der Waals surface area contributed by atoms with Crippen LogP contribution < -0.4 is 0 Å². The predicted octanol–water partition coefficient (Wildman–Crippen LogP) is 2.42. The van der Waals surface area contributed by atoms with Crippen LogP contribution in [0.3, 0.4) is 0 Å². The minimum atomic E-state index is 0.108. The summed E-state index contributed by atoms with van der Waals surface area (Å²) in [5.74, 6) is 1.12. The van der Waals surface area contributed by atoms with Crippen LogP contribution in [0, 0.1) is 11.8 Å². The van der Waals surface area contributed by atoms with Gasteiger partial charge in [0.15, 0.2) is 0 Å². The van der Waals surface area contributed by atoms with E-state index in [9.17, 15) is 9.59 Å². The van der Waals surface area contributed by atoms with Crippen LogP contribution in [0.5, 0.6) is 0 Å². The highest BCUT2D eigenvalue weighted by Gasteiger charge is 2.33. The predicted molar refractivity (Wildman–Crippen MR) is 96.2 cm³/mol. The Hall–Kier alpha value is -1.88. The zero-order chi connectivity index (χ0) is 17.6. The Balaban J connectivity index is 1.58. The van der Waals surface area contributed by atoms with Crippen molar-refractivity contribution in [1.82, 2.24) is 9.80 Å². The van der Waals surface area contributed by atoms with E-state index in [0.29, 0.717) is 44.6 Å². The van der Waals surface area contributed by atoms with Crippen LogP contribution in [0.1, 0.15) is 36.5 Å². The van der Waals surface area contributed by atoms with Gasteiger partial charge in [0, 0.05) is 38.2 Å². The standard InChI is InChI=1S/C20H28N2O3/c1-2-16-15-22(20(24)17-6-4-3-5-7-17)9-8-18(16)14-19(23)21-10-12-25-13-11-21/h3-7,16,18H,2,8-15H2,1H3/t16-,18+/m1/s1. The first-order chi connectivity index (χ1) is 12.2. The second kappa shape index (κ2) is 8.48. The number of benzene rings is 1. The Labute approximate surface area is 149 Å². The first-order valence-corrected chi connectivity index (χ1v) is 9.39. The van der Waals surface area contributed by atoms with Gasteiger partial charge in [-0.15, -0.1) is 0 Å². The summed E-state index contributed by atoms with van der Waals surface area (Å²) in [4.78, 5) is 29.1. The van der Waals surface area contributed by atoms with Crippen molar-refractivity contribution in [3.05, 3.63) is 35.9 Å². The molecule has 25 heavy (non-hydrogen) atoms. The maximum Gasteiger partial charge on any atom is 0.253 e. The number of rotatable bonds is 4. The third-order valence-corrected chi connectivity index (χ3v) is 5.52. The molecule has 0 unspecified atom stereocenters. The van der Waals surface area contributed by atoms with Crippen molar-refractivity contribution in [2.75, 3.05) is 39.4 Å². The smallest absolute Gasteiger partial charge is 0.253 e. The van der Waals surface area contributed by atoms with E-state index in [-0.39, 0.29) is 11.8 Å². The number of carbonyl (C=O) groups excluding carboxylic acids is 2. The Morgan fingerprint density at radius 1 is 1.04 bits per heavy atom. The molecular weight excluding hydrogens is 316 g/mol. The maximum atomic E-state index is 12.7. The van der Waals surface area contributed by atoms with E-state index in [0.717, 1.165) is 31.5 Å². The zero-order valence-corrected chi connectivity index (χ0v) is 15.0. The SMILES string of the molecule is CC[C@@H]1CN(C(=O)c2ccccc2)CC[C@H]1CC(=O)N1CCOCC1. The summed E-state index contributed by atoms with van der Waals surface area (Å²) >= 11 is 0. The normalized spacial score (nSPS) is 24.2. The van der Waals surface area contributed by atoms with Crippen LogP contribution >= 0.6 is 0 Å². The summed E-state index contributed by atoms with van der Waals surface area (Å²) in [6.07, 6.45) is 2.51. The molecule has 136 valence electrons. The van der Waals surface area contributed by atoms with Gasteiger partial charge in [-0.3, -0.25) is 9.59 Å². The van der Waals surface area contributed by atoms with Gasteiger partial charge < -0.3 is 14.5 Å². The summed E-state index contributed by atoms with van der Waals surface area (Å²) in [5, 5.41) is 0. The number of likely N-dealkylation sites (tertiary alicyclic amines) is 1. The molecule has 0 saturated carbocycles. The molecule has 2 aliphatic heterocycles. The van der Waals surface area contributed by atoms with Crippen molar-refractivity contribution >= 4 is 11.8 Å². The van der Waals surface area contributed by atoms with E-state index in [1.807, 2.05) is 40.1 Å². The quantitative estimate of drug-likeness (QED) is 0.843. The lowest BCUT2D eigenvalue weighted by molar-refractivity contribution is -0.137. The van der Waals surface area contributed by atoms with Gasteiger partial charge in [-0.2, -0.15) is 0 Å². The van der Waals surface area contributed by atoms with Crippen LogP contribution in [0.25, 0.3) is 0 Å². The van der Waals surface area contributed by atoms with Crippen molar-refractivity contribution in [2.45, 2.75) is 26.2 Å². The molecule has 2 atom stereocenters. The lowest BCUT2D eigenvalue weighted by atomic mass is 9.81. The number of hydrogen-bond donors (Lipinski definition) is 0. The van der Waals surface area contributed by atoms with E-state index >= 15 is 0 Å². The number of amides is 2. The van der Waals surface area contributed by atoms with Crippen LogP contribution in [-0.4, -0.2) is 61.0 Å². The molecule has 0 aliphatic carbocycles. The average Bonchev–Trinajstić information content (AvgIpc) is 2.69. The van der Waals surface area contributed by atoms with E-state index in [1.54, 1.807) is 0 Å². The molecule has 2 saturated heterocycles. The summed E-state index contributed by atoms with van der Waals surface area (Å²) in [7, 11) is 0. The van der Waals surface area contributed by atoms with Crippen molar-refractivity contribution in [2.24, 2.45) is 11.8 Å².